The van der Waals surface area contributed by atoms with Crippen molar-refractivity contribution < 1.29 is 0 Å². The predicted molar refractivity (Wildman–Crippen MR) is 111 cm³/mol. The van der Waals surface area contributed by atoms with E-state index in [1.165, 1.54) is 22.5 Å². The number of halogens is 2. The topological polar surface area (TPSA) is 48.7 Å². The van der Waals surface area contributed by atoms with Gasteiger partial charge in [-0.05, 0) is 49.2 Å². The number of nitriles is 1. The van der Waals surface area contributed by atoms with Crippen LogP contribution in [0.2, 0.25) is 10.0 Å². The first-order valence-corrected chi connectivity index (χ1v) is 9.46. The standard InChI is InChI=1S/C20H15Cl2N3S/c1-12-3-4-14(5-13(12)2)19-11-26-20(25-19)15(9-23)10-24-18-7-16(21)6-17(22)8-18/h3-8,10-11,24H,1-2H3/b15-10-. The van der Waals surface area contributed by atoms with E-state index in [0.717, 1.165) is 11.3 Å². The molecule has 0 saturated carbocycles. The van der Waals surface area contributed by atoms with E-state index in [1.54, 1.807) is 24.4 Å². The molecular formula is C20H15Cl2N3S. The molecule has 0 bridgehead atoms. The molecule has 0 saturated heterocycles. The van der Waals surface area contributed by atoms with Gasteiger partial charge in [-0.1, -0.05) is 35.3 Å². The minimum Gasteiger partial charge on any atom is -0.360 e. The Morgan fingerprint density at radius 3 is 2.50 bits per heavy atom. The van der Waals surface area contributed by atoms with Crippen LogP contribution in [-0.4, -0.2) is 4.98 Å². The highest BCUT2D eigenvalue weighted by molar-refractivity contribution is 7.11. The van der Waals surface area contributed by atoms with Crippen LogP contribution in [0, 0.1) is 25.2 Å². The van der Waals surface area contributed by atoms with Crippen molar-refractivity contribution in [3.63, 3.8) is 0 Å². The van der Waals surface area contributed by atoms with E-state index in [0.29, 0.717) is 26.3 Å². The zero-order chi connectivity index (χ0) is 18.7. The van der Waals surface area contributed by atoms with Crippen molar-refractivity contribution in [2.75, 3.05) is 5.32 Å². The summed E-state index contributed by atoms with van der Waals surface area (Å²) in [5.74, 6) is 0. The lowest BCUT2D eigenvalue weighted by molar-refractivity contribution is 1.31. The second-order valence-electron chi connectivity index (χ2n) is 5.81. The first-order valence-electron chi connectivity index (χ1n) is 7.82. The summed E-state index contributed by atoms with van der Waals surface area (Å²) in [5, 5.41) is 16.2. The molecule has 0 radical (unpaired) electrons. The fourth-order valence-electron chi connectivity index (χ4n) is 2.37. The van der Waals surface area contributed by atoms with Crippen molar-refractivity contribution >= 4 is 45.8 Å². The highest BCUT2D eigenvalue weighted by atomic mass is 35.5. The Balaban J connectivity index is 1.86. The van der Waals surface area contributed by atoms with Crippen LogP contribution < -0.4 is 5.32 Å². The molecule has 0 unspecified atom stereocenters. The van der Waals surface area contributed by atoms with E-state index < -0.39 is 0 Å². The number of aryl methyl sites for hydroxylation is 2. The normalized spacial score (nSPS) is 11.3. The van der Waals surface area contributed by atoms with Crippen LogP contribution in [0.4, 0.5) is 5.69 Å². The zero-order valence-corrected chi connectivity index (χ0v) is 16.5. The Morgan fingerprint density at radius 2 is 1.85 bits per heavy atom. The van der Waals surface area contributed by atoms with Gasteiger partial charge < -0.3 is 5.32 Å². The second kappa shape index (κ2) is 7.92. The van der Waals surface area contributed by atoms with Gasteiger partial charge in [-0.25, -0.2) is 4.98 Å². The molecule has 0 spiro atoms. The Kier molecular flexibility index (Phi) is 5.63. The highest BCUT2D eigenvalue weighted by Crippen LogP contribution is 2.28. The first kappa shape index (κ1) is 18.5. The third-order valence-corrected chi connectivity index (χ3v) is 5.22. The lowest BCUT2D eigenvalue weighted by Gasteiger charge is -2.03. The van der Waals surface area contributed by atoms with E-state index in [1.807, 2.05) is 11.4 Å². The number of rotatable bonds is 4. The van der Waals surface area contributed by atoms with E-state index in [-0.39, 0.29) is 0 Å². The smallest absolute Gasteiger partial charge is 0.136 e. The van der Waals surface area contributed by atoms with E-state index >= 15 is 0 Å². The molecule has 0 atom stereocenters. The van der Waals surface area contributed by atoms with E-state index in [4.69, 9.17) is 23.2 Å². The molecule has 1 N–H and O–H groups in total. The van der Waals surface area contributed by atoms with Gasteiger partial charge in [0.15, 0.2) is 0 Å². The zero-order valence-electron chi connectivity index (χ0n) is 14.2. The minimum absolute atomic E-state index is 0.446. The van der Waals surface area contributed by atoms with Crippen molar-refractivity contribution in [2.45, 2.75) is 13.8 Å². The number of allylic oxidation sites excluding steroid dienone is 1. The monoisotopic (exact) mass is 399 g/mol. The first-order chi connectivity index (χ1) is 12.5. The molecule has 2 aromatic carbocycles. The van der Waals surface area contributed by atoms with Crippen molar-refractivity contribution in [3.05, 3.63) is 74.2 Å². The SMILES string of the molecule is Cc1ccc(-c2csc(/C(C#N)=C\Nc3cc(Cl)cc(Cl)c3)n2)cc1C. The largest absolute Gasteiger partial charge is 0.360 e. The van der Waals surface area contributed by atoms with Crippen molar-refractivity contribution in [1.29, 1.82) is 5.26 Å². The molecule has 0 aliphatic carbocycles. The van der Waals surface area contributed by atoms with Gasteiger partial charge in [0.1, 0.15) is 16.6 Å². The summed E-state index contributed by atoms with van der Waals surface area (Å²) in [6.45, 7) is 4.16. The van der Waals surface area contributed by atoms with Crippen LogP contribution in [0.1, 0.15) is 16.1 Å². The number of benzene rings is 2. The van der Waals surface area contributed by atoms with Gasteiger partial charge in [-0.3, -0.25) is 0 Å². The van der Waals surface area contributed by atoms with Gasteiger partial charge in [0, 0.05) is 32.9 Å². The summed E-state index contributed by atoms with van der Waals surface area (Å²) in [6, 6.07) is 13.5. The third kappa shape index (κ3) is 4.25. The van der Waals surface area contributed by atoms with Gasteiger partial charge in [0.05, 0.1) is 5.69 Å². The maximum Gasteiger partial charge on any atom is 0.136 e. The number of aromatic nitrogens is 1. The van der Waals surface area contributed by atoms with Crippen LogP contribution in [0.15, 0.2) is 48.0 Å². The third-order valence-electron chi connectivity index (χ3n) is 3.90. The number of thiazole rings is 1. The lowest BCUT2D eigenvalue weighted by atomic mass is 10.1. The molecular weight excluding hydrogens is 385 g/mol. The Hall–Kier alpha value is -2.32. The molecule has 130 valence electrons. The van der Waals surface area contributed by atoms with Crippen LogP contribution >= 0.6 is 34.5 Å². The Labute approximate surface area is 166 Å². The molecule has 1 aromatic heterocycles. The fraction of sp³-hybridized carbons (Fsp3) is 0.100. The van der Waals surface area contributed by atoms with Gasteiger partial charge >= 0.3 is 0 Å². The minimum atomic E-state index is 0.446. The van der Waals surface area contributed by atoms with Crippen molar-refractivity contribution in [3.8, 4) is 17.3 Å². The summed E-state index contributed by atoms with van der Waals surface area (Å²) in [4.78, 5) is 4.61. The van der Waals surface area contributed by atoms with Crippen LogP contribution in [0.25, 0.3) is 16.8 Å². The predicted octanol–water partition coefficient (Wildman–Crippen LogP) is 6.71. The number of hydrogen-bond donors (Lipinski definition) is 1. The van der Waals surface area contributed by atoms with Gasteiger partial charge in [-0.15, -0.1) is 11.3 Å². The fourth-order valence-corrected chi connectivity index (χ4v) is 3.69. The molecule has 0 fully saturated rings. The quantitative estimate of drug-likeness (QED) is 0.495. The molecule has 3 nitrogen and oxygen atoms in total. The average Bonchev–Trinajstić information content (AvgIpc) is 3.07. The van der Waals surface area contributed by atoms with Gasteiger partial charge in [0.25, 0.3) is 0 Å². The number of nitrogens with zero attached hydrogens (tertiary/aromatic N) is 2. The van der Waals surface area contributed by atoms with Crippen LogP contribution in [0.5, 0.6) is 0 Å². The molecule has 1 heterocycles. The summed E-state index contributed by atoms with van der Waals surface area (Å²) in [7, 11) is 0. The number of hydrogen-bond acceptors (Lipinski definition) is 4. The molecule has 0 aliphatic heterocycles. The number of anilines is 1. The molecule has 6 heteroatoms. The Bertz CT molecular complexity index is 1010. The summed E-state index contributed by atoms with van der Waals surface area (Å²) in [5.41, 5.74) is 5.52. The maximum absolute atomic E-state index is 9.48. The lowest BCUT2D eigenvalue weighted by Crippen LogP contribution is -1.91. The van der Waals surface area contributed by atoms with Crippen LogP contribution in [0.3, 0.4) is 0 Å². The van der Waals surface area contributed by atoms with E-state index in [2.05, 4.69) is 42.4 Å². The number of nitrogens with one attached hydrogen (secondary N) is 1. The maximum atomic E-state index is 9.48. The Morgan fingerprint density at radius 1 is 1.12 bits per heavy atom. The van der Waals surface area contributed by atoms with Crippen molar-refractivity contribution in [2.24, 2.45) is 0 Å². The average molecular weight is 400 g/mol. The van der Waals surface area contributed by atoms with Gasteiger partial charge in [0.2, 0.25) is 0 Å². The summed E-state index contributed by atoms with van der Waals surface area (Å²) >= 11 is 13.4. The highest BCUT2D eigenvalue weighted by Gasteiger charge is 2.10. The summed E-state index contributed by atoms with van der Waals surface area (Å²) < 4.78 is 0. The molecule has 3 rings (SSSR count). The van der Waals surface area contributed by atoms with E-state index in [9.17, 15) is 5.26 Å². The molecule has 26 heavy (non-hydrogen) atoms. The van der Waals surface area contributed by atoms with Crippen molar-refractivity contribution in [1.82, 2.24) is 4.98 Å². The van der Waals surface area contributed by atoms with Gasteiger partial charge in [-0.2, -0.15) is 5.26 Å². The molecule has 0 amide bonds. The molecule has 3 aromatic rings. The molecule has 0 aliphatic rings. The van der Waals surface area contributed by atoms with Crippen LogP contribution in [-0.2, 0) is 0 Å². The summed E-state index contributed by atoms with van der Waals surface area (Å²) in [6.07, 6.45) is 1.62. The second-order valence-corrected chi connectivity index (χ2v) is 7.54.